The number of para-hydroxylation sites is 1. The number of hydrogen-bond donors (Lipinski definition) is 1. The van der Waals surface area contributed by atoms with Gasteiger partial charge < -0.3 is 0 Å². The fraction of sp³-hybridized carbons (Fsp3) is 0. The highest BCUT2D eigenvalue weighted by atomic mass is 32.2. The summed E-state index contributed by atoms with van der Waals surface area (Å²) < 4.78 is 24.0. The summed E-state index contributed by atoms with van der Waals surface area (Å²) in [7, 11) is -4.05. The van der Waals surface area contributed by atoms with Crippen LogP contribution in [0.5, 0.6) is 0 Å². The summed E-state index contributed by atoms with van der Waals surface area (Å²) in [6.45, 7) is 0. The average molecular weight is 350 g/mol. The zero-order valence-corrected chi connectivity index (χ0v) is 12.7. The summed E-state index contributed by atoms with van der Waals surface area (Å²) >= 11 is 0. The largest absolute Gasteiger partial charge is 0.278 e. The van der Waals surface area contributed by atoms with Crippen molar-refractivity contribution in [3.05, 3.63) is 74.3 Å². The van der Waals surface area contributed by atoms with Crippen molar-refractivity contribution in [2.24, 2.45) is 5.10 Å². The number of nitro benzene ring substituents is 2. The van der Waals surface area contributed by atoms with E-state index in [2.05, 4.69) is 5.10 Å². The molecule has 124 valence electrons. The number of nitrogens with one attached hydrogen (secondary N) is 1. The van der Waals surface area contributed by atoms with E-state index in [-0.39, 0.29) is 21.8 Å². The minimum atomic E-state index is -4.05. The molecule has 24 heavy (non-hydrogen) atoms. The molecule has 0 aliphatic heterocycles. The molecule has 2 aromatic carbocycles. The smallest absolute Gasteiger partial charge is 0.258 e. The molecule has 2 aromatic rings. The topological polar surface area (TPSA) is 145 Å². The number of non-ortho nitro benzene ring substituents is 1. The number of rotatable bonds is 6. The van der Waals surface area contributed by atoms with Crippen molar-refractivity contribution in [2.75, 3.05) is 0 Å². The van der Waals surface area contributed by atoms with Crippen molar-refractivity contribution >= 4 is 27.6 Å². The summed E-state index contributed by atoms with van der Waals surface area (Å²) in [6, 6.07) is 9.87. The minimum Gasteiger partial charge on any atom is -0.258 e. The van der Waals surface area contributed by atoms with Crippen LogP contribution in [-0.4, -0.2) is 24.5 Å². The van der Waals surface area contributed by atoms with Gasteiger partial charge in [0.2, 0.25) is 0 Å². The summed E-state index contributed by atoms with van der Waals surface area (Å²) in [6.07, 6.45) is 1.00. The Kier molecular flexibility index (Phi) is 4.84. The molecule has 0 unspecified atom stereocenters. The Bertz CT molecular complexity index is 908. The summed E-state index contributed by atoms with van der Waals surface area (Å²) in [5, 5.41) is 24.9. The Morgan fingerprint density at radius 2 is 1.58 bits per heavy atom. The van der Waals surface area contributed by atoms with Gasteiger partial charge >= 0.3 is 0 Å². The van der Waals surface area contributed by atoms with Crippen molar-refractivity contribution in [3.63, 3.8) is 0 Å². The second kappa shape index (κ2) is 6.83. The van der Waals surface area contributed by atoms with Crippen molar-refractivity contribution in [1.82, 2.24) is 4.83 Å². The predicted octanol–water partition coefficient (Wildman–Crippen LogP) is 1.82. The summed E-state index contributed by atoms with van der Waals surface area (Å²) in [4.78, 5) is 21.8. The van der Waals surface area contributed by atoms with Crippen LogP contribution in [0.15, 0.2) is 58.5 Å². The van der Waals surface area contributed by atoms with Gasteiger partial charge in [-0.3, -0.25) is 20.2 Å². The Balaban J connectivity index is 2.18. The van der Waals surface area contributed by atoms with Crippen LogP contribution in [0.2, 0.25) is 0 Å². The molecule has 0 saturated carbocycles. The van der Waals surface area contributed by atoms with Crippen LogP contribution in [0, 0.1) is 20.2 Å². The van der Waals surface area contributed by atoms with Gasteiger partial charge in [-0.15, -0.1) is 0 Å². The number of hydrogen-bond acceptors (Lipinski definition) is 7. The maximum atomic E-state index is 12.0. The summed E-state index contributed by atoms with van der Waals surface area (Å²) in [5.41, 5.74) is -0.359. The first-order valence-corrected chi connectivity index (χ1v) is 7.82. The normalized spacial score (nSPS) is 11.3. The molecule has 0 fully saturated rings. The molecule has 0 heterocycles. The molecule has 0 bridgehead atoms. The third-order valence-electron chi connectivity index (χ3n) is 2.87. The molecular formula is C13H10N4O6S. The van der Waals surface area contributed by atoms with Crippen LogP contribution in [0.25, 0.3) is 0 Å². The number of nitro groups is 2. The lowest BCUT2D eigenvalue weighted by Gasteiger charge is -2.03. The lowest BCUT2D eigenvalue weighted by molar-refractivity contribution is -0.385. The van der Waals surface area contributed by atoms with E-state index in [1.54, 1.807) is 6.07 Å². The SMILES string of the molecule is O=[N+]([O-])c1ccc(S(=O)(=O)N/N=C/c2ccccc2[N+](=O)[O-])cc1. The molecule has 0 aromatic heterocycles. The highest BCUT2D eigenvalue weighted by Crippen LogP contribution is 2.17. The van der Waals surface area contributed by atoms with Crippen LogP contribution in [0.4, 0.5) is 11.4 Å². The van der Waals surface area contributed by atoms with E-state index in [1.807, 2.05) is 4.83 Å². The molecule has 0 atom stereocenters. The van der Waals surface area contributed by atoms with Gasteiger partial charge in [-0.2, -0.15) is 13.5 Å². The molecule has 0 radical (unpaired) electrons. The van der Waals surface area contributed by atoms with E-state index in [4.69, 9.17) is 0 Å². The van der Waals surface area contributed by atoms with E-state index in [9.17, 15) is 28.6 Å². The zero-order valence-electron chi connectivity index (χ0n) is 11.9. The maximum absolute atomic E-state index is 12.0. The Labute approximate surface area is 135 Å². The maximum Gasteiger partial charge on any atom is 0.278 e. The van der Waals surface area contributed by atoms with Gasteiger partial charge in [0.05, 0.1) is 26.5 Å². The van der Waals surface area contributed by atoms with Gasteiger partial charge in [-0.1, -0.05) is 12.1 Å². The van der Waals surface area contributed by atoms with Crippen molar-refractivity contribution in [3.8, 4) is 0 Å². The average Bonchev–Trinajstić information content (AvgIpc) is 2.55. The van der Waals surface area contributed by atoms with Gasteiger partial charge in [0, 0.05) is 18.2 Å². The van der Waals surface area contributed by atoms with E-state index in [1.165, 1.54) is 18.2 Å². The van der Waals surface area contributed by atoms with E-state index < -0.39 is 19.9 Å². The molecule has 0 amide bonds. The Morgan fingerprint density at radius 3 is 2.17 bits per heavy atom. The Morgan fingerprint density at radius 1 is 0.958 bits per heavy atom. The molecule has 0 aliphatic carbocycles. The third-order valence-corrected chi connectivity index (χ3v) is 4.11. The van der Waals surface area contributed by atoms with E-state index >= 15 is 0 Å². The predicted molar refractivity (Wildman–Crippen MR) is 84.1 cm³/mol. The highest BCUT2D eigenvalue weighted by molar-refractivity contribution is 7.89. The van der Waals surface area contributed by atoms with E-state index in [0.29, 0.717) is 0 Å². The molecule has 0 aliphatic rings. The van der Waals surface area contributed by atoms with Crippen molar-refractivity contribution in [2.45, 2.75) is 4.90 Å². The first-order valence-electron chi connectivity index (χ1n) is 6.34. The van der Waals surface area contributed by atoms with Crippen LogP contribution >= 0.6 is 0 Å². The van der Waals surface area contributed by atoms with Crippen molar-refractivity contribution in [1.29, 1.82) is 0 Å². The monoisotopic (exact) mass is 350 g/mol. The number of sulfonamides is 1. The fourth-order valence-electron chi connectivity index (χ4n) is 1.73. The second-order valence-electron chi connectivity index (χ2n) is 4.42. The van der Waals surface area contributed by atoms with Gasteiger partial charge in [0.15, 0.2) is 0 Å². The summed E-state index contributed by atoms with van der Waals surface area (Å²) in [5.74, 6) is 0. The lowest BCUT2D eigenvalue weighted by Crippen LogP contribution is -2.18. The molecular weight excluding hydrogens is 340 g/mol. The van der Waals surface area contributed by atoms with Gasteiger partial charge in [0.1, 0.15) is 0 Å². The molecule has 1 N–H and O–H groups in total. The van der Waals surface area contributed by atoms with E-state index in [0.717, 1.165) is 30.5 Å². The lowest BCUT2D eigenvalue weighted by atomic mass is 10.2. The van der Waals surface area contributed by atoms with Gasteiger partial charge in [0.25, 0.3) is 21.4 Å². The molecule has 10 nitrogen and oxygen atoms in total. The first kappa shape index (κ1) is 17.0. The molecule has 2 rings (SSSR count). The number of hydrazone groups is 1. The zero-order chi connectivity index (χ0) is 17.7. The van der Waals surface area contributed by atoms with Crippen LogP contribution < -0.4 is 4.83 Å². The van der Waals surface area contributed by atoms with Gasteiger partial charge in [-0.05, 0) is 18.2 Å². The Hall–Kier alpha value is -3.34. The number of benzene rings is 2. The highest BCUT2D eigenvalue weighted by Gasteiger charge is 2.15. The van der Waals surface area contributed by atoms with Crippen molar-refractivity contribution < 1.29 is 18.3 Å². The van der Waals surface area contributed by atoms with Crippen LogP contribution in [0.3, 0.4) is 0 Å². The second-order valence-corrected chi connectivity index (χ2v) is 6.08. The standard InChI is InChI=1S/C13H10N4O6S/c18-16(19)11-5-7-12(8-6-11)24(22,23)15-14-9-10-3-1-2-4-13(10)17(20)21/h1-9,15H/b14-9+. The third kappa shape index (κ3) is 3.89. The fourth-order valence-corrected chi connectivity index (χ4v) is 2.52. The van der Waals surface area contributed by atoms with Crippen LogP contribution in [-0.2, 0) is 10.0 Å². The minimum absolute atomic E-state index is 0.119. The molecule has 11 heteroatoms. The first-order chi connectivity index (χ1) is 11.3. The van der Waals surface area contributed by atoms with Crippen LogP contribution in [0.1, 0.15) is 5.56 Å². The molecule has 0 spiro atoms. The number of nitrogens with zero attached hydrogens (tertiary/aromatic N) is 3. The molecule has 0 saturated heterocycles. The quantitative estimate of drug-likeness (QED) is 0.478. The van der Waals surface area contributed by atoms with Gasteiger partial charge in [-0.25, -0.2) is 4.83 Å².